The van der Waals surface area contributed by atoms with Gasteiger partial charge in [-0.2, -0.15) is 13.2 Å². The van der Waals surface area contributed by atoms with E-state index in [9.17, 15) is 18.0 Å². The highest BCUT2D eigenvalue weighted by Gasteiger charge is 2.32. The highest BCUT2D eigenvalue weighted by molar-refractivity contribution is 5.79. The fourth-order valence-corrected chi connectivity index (χ4v) is 1.54. The molecular formula is C11H15F3N4O. The van der Waals surface area contributed by atoms with Crippen molar-refractivity contribution >= 4 is 17.5 Å². The van der Waals surface area contributed by atoms with E-state index >= 15 is 0 Å². The average Bonchev–Trinajstić information content (AvgIpc) is 2.23. The molecule has 5 nitrogen and oxygen atoms in total. The molecular weight excluding hydrogens is 261 g/mol. The maximum Gasteiger partial charge on any atom is 0.416 e. The van der Waals surface area contributed by atoms with Gasteiger partial charge in [0.05, 0.1) is 12.1 Å². The number of carbonyl (C=O) groups is 1. The Morgan fingerprint density at radius 3 is 2.42 bits per heavy atom. The third-order valence-corrected chi connectivity index (χ3v) is 2.40. The molecule has 0 fully saturated rings. The number of rotatable bonds is 4. The monoisotopic (exact) mass is 276 g/mol. The number of nitrogens with zero attached hydrogens (tertiary/aromatic N) is 2. The molecule has 0 saturated heterocycles. The van der Waals surface area contributed by atoms with E-state index in [1.807, 2.05) is 0 Å². The van der Waals surface area contributed by atoms with Crippen molar-refractivity contribution in [2.75, 3.05) is 17.2 Å². The standard InChI is InChI=1S/C11H15F3N4O/c1-6(2)18(5-9(16)19)10-4-7(11(12,13)14)3-8(15)17-10/h3-4,6H,5H2,1-2H3,(H2,15,17)(H2,16,19). The van der Waals surface area contributed by atoms with Gasteiger partial charge in [-0.05, 0) is 26.0 Å². The predicted molar refractivity (Wildman–Crippen MR) is 65.3 cm³/mol. The largest absolute Gasteiger partial charge is 0.416 e. The molecule has 106 valence electrons. The van der Waals surface area contributed by atoms with Gasteiger partial charge in [0.2, 0.25) is 5.91 Å². The summed E-state index contributed by atoms with van der Waals surface area (Å²) in [4.78, 5) is 16.1. The third kappa shape index (κ3) is 4.01. The third-order valence-electron chi connectivity index (χ3n) is 2.40. The lowest BCUT2D eigenvalue weighted by Gasteiger charge is -2.27. The molecule has 0 atom stereocenters. The van der Waals surface area contributed by atoms with E-state index in [1.165, 1.54) is 4.90 Å². The van der Waals surface area contributed by atoms with E-state index < -0.39 is 17.6 Å². The highest BCUT2D eigenvalue weighted by atomic mass is 19.4. The zero-order chi connectivity index (χ0) is 14.8. The molecule has 1 aromatic rings. The molecule has 1 aromatic heterocycles. The number of hydrogen-bond donors (Lipinski definition) is 2. The minimum absolute atomic E-state index is 0.0267. The van der Waals surface area contributed by atoms with Gasteiger partial charge in [-0.3, -0.25) is 4.79 Å². The Morgan fingerprint density at radius 2 is 2.00 bits per heavy atom. The first-order valence-electron chi connectivity index (χ1n) is 5.51. The van der Waals surface area contributed by atoms with Crippen LogP contribution in [0.5, 0.6) is 0 Å². The quantitative estimate of drug-likeness (QED) is 0.870. The molecule has 1 heterocycles. The van der Waals surface area contributed by atoms with E-state index in [4.69, 9.17) is 11.5 Å². The summed E-state index contributed by atoms with van der Waals surface area (Å²) in [5.41, 5.74) is 9.53. The van der Waals surface area contributed by atoms with Crippen LogP contribution in [0.15, 0.2) is 12.1 Å². The van der Waals surface area contributed by atoms with Gasteiger partial charge in [0.25, 0.3) is 0 Å². The van der Waals surface area contributed by atoms with Gasteiger partial charge in [-0.25, -0.2) is 4.98 Å². The molecule has 0 aromatic carbocycles. The summed E-state index contributed by atoms with van der Waals surface area (Å²) in [6.07, 6.45) is -4.53. The molecule has 0 aliphatic carbocycles. The fourth-order valence-electron chi connectivity index (χ4n) is 1.54. The van der Waals surface area contributed by atoms with Crippen LogP contribution in [0.3, 0.4) is 0 Å². The molecule has 1 rings (SSSR count). The van der Waals surface area contributed by atoms with Gasteiger partial charge in [-0.1, -0.05) is 0 Å². The zero-order valence-electron chi connectivity index (χ0n) is 10.5. The Labute approximate surface area is 108 Å². The Bertz CT molecular complexity index is 473. The first kappa shape index (κ1) is 15.1. The Morgan fingerprint density at radius 1 is 1.42 bits per heavy atom. The van der Waals surface area contributed by atoms with Crippen LogP contribution in [0.4, 0.5) is 24.8 Å². The van der Waals surface area contributed by atoms with Crippen molar-refractivity contribution in [2.45, 2.75) is 26.1 Å². The SMILES string of the molecule is CC(C)N(CC(N)=O)c1cc(C(F)(F)F)cc(N)n1. The zero-order valence-corrected chi connectivity index (χ0v) is 10.5. The Balaban J connectivity index is 3.24. The van der Waals surface area contributed by atoms with Gasteiger partial charge >= 0.3 is 6.18 Å². The van der Waals surface area contributed by atoms with Gasteiger partial charge in [0.15, 0.2) is 0 Å². The summed E-state index contributed by atoms with van der Waals surface area (Å²) in [5, 5.41) is 0. The molecule has 19 heavy (non-hydrogen) atoms. The molecule has 1 amide bonds. The van der Waals surface area contributed by atoms with Crippen LogP contribution in [0.1, 0.15) is 19.4 Å². The summed E-state index contributed by atoms with van der Waals surface area (Å²) in [6.45, 7) is 3.19. The van der Waals surface area contributed by atoms with Crippen molar-refractivity contribution in [3.8, 4) is 0 Å². The summed E-state index contributed by atoms with van der Waals surface area (Å²) in [7, 11) is 0. The Hall–Kier alpha value is -1.99. The van der Waals surface area contributed by atoms with Crippen LogP contribution in [-0.2, 0) is 11.0 Å². The Kier molecular flexibility index (Phi) is 4.23. The molecule has 0 aliphatic rings. The number of halogens is 3. The van der Waals surface area contributed by atoms with Gasteiger partial charge in [0, 0.05) is 6.04 Å². The van der Waals surface area contributed by atoms with E-state index in [-0.39, 0.29) is 24.2 Å². The molecule has 4 N–H and O–H groups in total. The van der Waals surface area contributed by atoms with Crippen molar-refractivity contribution in [3.63, 3.8) is 0 Å². The van der Waals surface area contributed by atoms with Crippen molar-refractivity contribution < 1.29 is 18.0 Å². The predicted octanol–water partition coefficient (Wildman–Crippen LogP) is 1.38. The number of carbonyl (C=O) groups excluding carboxylic acids is 1. The summed E-state index contributed by atoms with van der Waals surface area (Å²) < 4.78 is 38.0. The fraction of sp³-hybridized carbons (Fsp3) is 0.455. The van der Waals surface area contributed by atoms with Gasteiger partial charge < -0.3 is 16.4 Å². The lowest BCUT2D eigenvalue weighted by molar-refractivity contribution is -0.137. The second-order valence-electron chi connectivity index (χ2n) is 4.32. The first-order valence-corrected chi connectivity index (χ1v) is 5.51. The first-order chi connectivity index (χ1) is 8.61. The summed E-state index contributed by atoms with van der Waals surface area (Å²) in [5.74, 6) is -0.951. The minimum Gasteiger partial charge on any atom is -0.384 e. The summed E-state index contributed by atoms with van der Waals surface area (Å²) >= 11 is 0. The van der Waals surface area contributed by atoms with Gasteiger partial charge in [0.1, 0.15) is 11.6 Å². The lowest BCUT2D eigenvalue weighted by Crippen LogP contribution is -2.39. The second-order valence-corrected chi connectivity index (χ2v) is 4.32. The maximum atomic E-state index is 12.7. The number of anilines is 2. The highest BCUT2D eigenvalue weighted by Crippen LogP contribution is 2.32. The average molecular weight is 276 g/mol. The van der Waals surface area contributed by atoms with Crippen LogP contribution in [0.25, 0.3) is 0 Å². The number of hydrogen-bond acceptors (Lipinski definition) is 4. The minimum atomic E-state index is -4.53. The van der Waals surface area contributed by atoms with Crippen LogP contribution in [-0.4, -0.2) is 23.5 Å². The molecule has 0 spiro atoms. The number of pyridine rings is 1. The van der Waals surface area contributed by atoms with Crippen LogP contribution in [0, 0.1) is 0 Å². The number of aromatic nitrogens is 1. The molecule has 8 heteroatoms. The maximum absolute atomic E-state index is 12.7. The number of amides is 1. The number of primary amides is 1. The molecule has 0 radical (unpaired) electrons. The van der Waals surface area contributed by atoms with E-state index in [0.717, 1.165) is 12.1 Å². The molecule has 0 saturated carbocycles. The van der Waals surface area contributed by atoms with E-state index in [2.05, 4.69) is 4.98 Å². The smallest absolute Gasteiger partial charge is 0.384 e. The second kappa shape index (κ2) is 5.33. The molecule has 0 aliphatic heterocycles. The van der Waals surface area contributed by atoms with Crippen LogP contribution >= 0.6 is 0 Å². The molecule has 0 unspecified atom stereocenters. The number of nitrogens with two attached hydrogens (primary N) is 2. The molecule has 0 bridgehead atoms. The summed E-state index contributed by atoms with van der Waals surface area (Å²) in [6, 6.07) is 1.34. The topological polar surface area (TPSA) is 85.2 Å². The van der Waals surface area contributed by atoms with Crippen LogP contribution in [0.2, 0.25) is 0 Å². The van der Waals surface area contributed by atoms with E-state index in [1.54, 1.807) is 13.8 Å². The van der Waals surface area contributed by atoms with Crippen molar-refractivity contribution in [3.05, 3.63) is 17.7 Å². The lowest BCUT2D eigenvalue weighted by atomic mass is 10.2. The van der Waals surface area contributed by atoms with E-state index in [0.29, 0.717) is 0 Å². The van der Waals surface area contributed by atoms with Gasteiger partial charge in [-0.15, -0.1) is 0 Å². The van der Waals surface area contributed by atoms with Crippen LogP contribution < -0.4 is 16.4 Å². The normalized spacial score (nSPS) is 11.7. The van der Waals surface area contributed by atoms with Crippen molar-refractivity contribution in [1.29, 1.82) is 0 Å². The number of nitrogen functional groups attached to an aromatic ring is 1. The van der Waals surface area contributed by atoms with Crippen molar-refractivity contribution in [1.82, 2.24) is 4.98 Å². The number of alkyl halides is 3. The van der Waals surface area contributed by atoms with Crippen molar-refractivity contribution in [2.24, 2.45) is 5.73 Å².